The molecule has 0 heterocycles. The predicted octanol–water partition coefficient (Wildman–Crippen LogP) is 0.845. The van der Waals surface area contributed by atoms with Crippen LogP contribution >= 0.6 is 12.4 Å². The summed E-state index contributed by atoms with van der Waals surface area (Å²) in [4.78, 5) is 11.6. The maximum absolute atomic E-state index is 11.6. The number of benzene rings is 1. The van der Waals surface area contributed by atoms with Crippen molar-refractivity contribution in [3.63, 3.8) is 0 Å². The number of carbonyl (C=O) groups excluding carboxylic acids is 1. The lowest BCUT2D eigenvalue weighted by Gasteiger charge is -2.11. The van der Waals surface area contributed by atoms with Gasteiger partial charge in [0, 0.05) is 20.8 Å². The first-order valence-electron chi connectivity index (χ1n) is 5.76. The summed E-state index contributed by atoms with van der Waals surface area (Å²) in [7, 11) is 3.17. The van der Waals surface area contributed by atoms with Gasteiger partial charge in [-0.2, -0.15) is 0 Å². The topological polar surface area (TPSA) is 73.6 Å². The quantitative estimate of drug-likeness (QED) is 0.780. The molecule has 0 aliphatic rings. The van der Waals surface area contributed by atoms with Crippen LogP contribution in [-0.2, 0) is 27.4 Å². The van der Waals surface area contributed by atoms with Gasteiger partial charge in [0.05, 0.1) is 13.2 Å². The SMILES string of the molecule is COCc1cccc(CNC(=O)C(N)COC)c1.Cl. The molecular weight excluding hydrogens is 268 g/mol. The average molecular weight is 289 g/mol. The molecular formula is C13H21ClN2O3. The molecule has 0 saturated heterocycles. The van der Waals surface area contributed by atoms with Gasteiger partial charge in [-0.15, -0.1) is 12.4 Å². The minimum absolute atomic E-state index is 0. The monoisotopic (exact) mass is 288 g/mol. The lowest BCUT2D eigenvalue weighted by atomic mass is 10.1. The Bertz CT molecular complexity index is 388. The van der Waals surface area contributed by atoms with Crippen molar-refractivity contribution >= 4 is 18.3 Å². The van der Waals surface area contributed by atoms with Crippen molar-refractivity contribution in [2.45, 2.75) is 19.2 Å². The number of amides is 1. The van der Waals surface area contributed by atoms with Crippen LogP contribution in [0.2, 0.25) is 0 Å². The van der Waals surface area contributed by atoms with Crippen molar-refractivity contribution in [3.05, 3.63) is 35.4 Å². The zero-order valence-corrected chi connectivity index (χ0v) is 12.0. The fourth-order valence-corrected chi connectivity index (χ4v) is 1.57. The van der Waals surface area contributed by atoms with Gasteiger partial charge in [-0.1, -0.05) is 24.3 Å². The highest BCUT2D eigenvalue weighted by molar-refractivity contribution is 5.85. The fourth-order valence-electron chi connectivity index (χ4n) is 1.57. The van der Waals surface area contributed by atoms with E-state index < -0.39 is 6.04 Å². The molecule has 6 heteroatoms. The molecule has 1 unspecified atom stereocenters. The third kappa shape index (κ3) is 6.54. The first-order valence-corrected chi connectivity index (χ1v) is 5.76. The molecule has 5 nitrogen and oxygen atoms in total. The number of methoxy groups -OCH3 is 2. The van der Waals surface area contributed by atoms with Crippen LogP contribution in [0, 0.1) is 0 Å². The van der Waals surface area contributed by atoms with Crippen LogP contribution in [0.3, 0.4) is 0 Å². The number of nitrogens with one attached hydrogen (secondary N) is 1. The second kappa shape index (κ2) is 9.75. The van der Waals surface area contributed by atoms with Crippen LogP contribution in [0.25, 0.3) is 0 Å². The summed E-state index contributed by atoms with van der Waals surface area (Å²) >= 11 is 0. The van der Waals surface area contributed by atoms with Crippen LogP contribution in [0.5, 0.6) is 0 Å². The Morgan fingerprint density at radius 1 is 1.32 bits per heavy atom. The van der Waals surface area contributed by atoms with Gasteiger partial charge in [0.15, 0.2) is 0 Å². The number of halogens is 1. The zero-order valence-electron chi connectivity index (χ0n) is 11.2. The fraction of sp³-hybridized carbons (Fsp3) is 0.462. The number of hydrogen-bond donors (Lipinski definition) is 2. The van der Waals surface area contributed by atoms with E-state index in [0.717, 1.165) is 11.1 Å². The Morgan fingerprint density at radius 3 is 2.63 bits per heavy atom. The Hall–Kier alpha value is -1.14. The van der Waals surface area contributed by atoms with Gasteiger partial charge in [-0.25, -0.2) is 0 Å². The van der Waals surface area contributed by atoms with Crippen molar-refractivity contribution in [3.8, 4) is 0 Å². The van der Waals surface area contributed by atoms with E-state index in [2.05, 4.69) is 5.32 Å². The van der Waals surface area contributed by atoms with E-state index in [1.807, 2.05) is 24.3 Å². The molecule has 3 N–H and O–H groups in total. The normalized spacial score (nSPS) is 11.5. The maximum atomic E-state index is 11.6. The van der Waals surface area contributed by atoms with Gasteiger partial charge >= 0.3 is 0 Å². The van der Waals surface area contributed by atoms with E-state index in [9.17, 15) is 4.79 Å². The van der Waals surface area contributed by atoms with Gasteiger partial charge in [-0.3, -0.25) is 4.79 Å². The molecule has 1 aromatic carbocycles. The smallest absolute Gasteiger partial charge is 0.239 e. The maximum Gasteiger partial charge on any atom is 0.239 e. The number of nitrogens with two attached hydrogens (primary N) is 1. The number of rotatable bonds is 7. The first-order chi connectivity index (χ1) is 8.67. The van der Waals surface area contributed by atoms with Crippen molar-refractivity contribution in [1.29, 1.82) is 0 Å². The molecule has 0 spiro atoms. The van der Waals surface area contributed by atoms with Crippen LogP contribution < -0.4 is 11.1 Å². The summed E-state index contributed by atoms with van der Waals surface area (Å²) < 4.78 is 9.88. The van der Waals surface area contributed by atoms with Gasteiger partial charge in [0.2, 0.25) is 5.91 Å². The first kappa shape index (κ1) is 17.9. The minimum atomic E-state index is -0.628. The van der Waals surface area contributed by atoms with Crippen LogP contribution in [0.15, 0.2) is 24.3 Å². The third-order valence-electron chi connectivity index (χ3n) is 2.45. The van der Waals surface area contributed by atoms with E-state index in [1.54, 1.807) is 7.11 Å². The van der Waals surface area contributed by atoms with E-state index in [0.29, 0.717) is 13.2 Å². The zero-order chi connectivity index (χ0) is 13.4. The largest absolute Gasteiger partial charge is 0.383 e. The second-order valence-corrected chi connectivity index (χ2v) is 4.03. The molecule has 1 atom stereocenters. The molecule has 0 saturated carbocycles. The summed E-state index contributed by atoms with van der Waals surface area (Å²) in [6.45, 7) is 1.23. The summed E-state index contributed by atoms with van der Waals surface area (Å²) in [6.07, 6.45) is 0. The minimum Gasteiger partial charge on any atom is -0.383 e. The Kier molecular flexibility index (Phi) is 9.16. The molecule has 19 heavy (non-hydrogen) atoms. The van der Waals surface area contributed by atoms with Crippen molar-refractivity contribution in [2.75, 3.05) is 20.8 Å². The molecule has 1 aromatic rings. The molecule has 0 fully saturated rings. The molecule has 0 bridgehead atoms. The lowest BCUT2D eigenvalue weighted by Crippen LogP contribution is -2.43. The molecule has 1 amide bonds. The standard InChI is InChI=1S/C13H20N2O3.ClH/c1-17-8-11-5-3-4-10(6-11)7-15-13(16)12(14)9-18-2;/h3-6,12H,7-9,14H2,1-2H3,(H,15,16);1H. The van der Waals surface area contributed by atoms with E-state index in [4.69, 9.17) is 15.2 Å². The number of ether oxygens (including phenoxy) is 2. The molecule has 0 aromatic heterocycles. The lowest BCUT2D eigenvalue weighted by molar-refractivity contribution is -0.123. The van der Waals surface area contributed by atoms with E-state index in [1.165, 1.54) is 7.11 Å². The van der Waals surface area contributed by atoms with Crippen LogP contribution in [0.1, 0.15) is 11.1 Å². The molecule has 0 aliphatic heterocycles. The summed E-state index contributed by atoms with van der Waals surface area (Å²) in [5, 5.41) is 2.77. The van der Waals surface area contributed by atoms with Crippen LogP contribution in [0.4, 0.5) is 0 Å². The van der Waals surface area contributed by atoms with E-state index >= 15 is 0 Å². The molecule has 0 aliphatic carbocycles. The van der Waals surface area contributed by atoms with Crippen molar-refractivity contribution in [2.24, 2.45) is 5.73 Å². The number of carbonyl (C=O) groups is 1. The van der Waals surface area contributed by atoms with Gasteiger partial charge in [-0.05, 0) is 11.1 Å². The Labute approximate surface area is 119 Å². The Morgan fingerprint density at radius 2 is 2.00 bits per heavy atom. The van der Waals surface area contributed by atoms with Crippen LogP contribution in [-0.4, -0.2) is 32.8 Å². The van der Waals surface area contributed by atoms with Crippen molar-refractivity contribution in [1.82, 2.24) is 5.32 Å². The molecule has 0 radical (unpaired) electrons. The summed E-state index contributed by atoms with van der Waals surface area (Å²) in [5.41, 5.74) is 7.70. The second-order valence-electron chi connectivity index (χ2n) is 4.03. The highest BCUT2D eigenvalue weighted by atomic mass is 35.5. The van der Waals surface area contributed by atoms with Gasteiger partial charge in [0.25, 0.3) is 0 Å². The average Bonchev–Trinajstić information content (AvgIpc) is 2.37. The summed E-state index contributed by atoms with van der Waals surface area (Å²) in [6, 6.07) is 7.22. The van der Waals surface area contributed by atoms with Gasteiger partial charge < -0.3 is 20.5 Å². The highest BCUT2D eigenvalue weighted by Gasteiger charge is 2.12. The third-order valence-corrected chi connectivity index (χ3v) is 2.45. The molecule has 108 valence electrons. The summed E-state index contributed by atoms with van der Waals surface area (Å²) in [5.74, 6) is -0.214. The highest BCUT2D eigenvalue weighted by Crippen LogP contribution is 2.06. The number of hydrogen-bond acceptors (Lipinski definition) is 4. The van der Waals surface area contributed by atoms with E-state index in [-0.39, 0.29) is 24.9 Å². The van der Waals surface area contributed by atoms with Crippen molar-refractivity contribution < 1.29 is 14.3 Å². The molecule has 1 rings (SSSR count). The van der Waals surface area contributed by atoms with Gasteiger partial charge in [0.1, 0.15) is 6.04 Å². The Balaban J connectivity index is 0.00000324. The predicted molar refractivity (Wildman–Crippen MR) is 76.1 cm³/mol.